The van der Waals surface area contributed by atoms with Crippen LogP contribution in [0, 0.1) is 5.92 Å². The fraction of sp³-hybridized carbons (Fsp3) is 1.00. The molecule has 1 saturated heterocycles. The van der Waals surface area contributed by atoms with E-state index in [1.807, 2.05) is 7.05 Å². The van der Waals surface area contributed by atoms with Crippen LogP contribution in [-0.2, 0) is 0 Å². The lowest BCUT2D eigenvalue weighted by molar-refractivity contribution is 0.215. The zero-order chi connectivity index (χ0) is 10.6. The normalized spacial score (nSPS) is 25.9. The maximum atomic E-state index is 3.27. The number of hydrogen-bond donors (Lipinski definition) is 1. The zero-order valence-electron chi connectivity index (χ0n) is 10.1. The maximum absolute atomic E-state index is 3.27. The lowest BCUT2D eigenvalue weighted by Gasteiger charge is -2.25. The van der Waals surface area contributed by atoms with Gasteiger partial charge >= 0.3 is 0 Å². The summed E-state index contributed by atoms with van der Waals surface area (Å²) in [7, 11) is 6.36. The molecule has 1 fully saturated rings. The first-order valence-electron chi connectivity index (χ1n) is 5.67. The van der Waals surface area contributed by atoms with Crippen molar-refractivity contribution < 1.29 is 0 Å². The first-order chi connectivity index (χ1) is 6.63. The van der Waals surface area contributed by atoms with Gasteiger partial charge < -0.3 is 15.1 Å². The van der Waals surface area contributed by atoms with Crippen LogP contribution in [0.3, 0.4) is 0 Å². The molecule has 0 spiro atoms. The molecule has 2 unspecified atom stereocenters. The second-order valence-electron chi connectivity index (χ2n) is 4.78. The second kappa shape index (κ2) is 5.69. The molecule has 84 valence electrons. The van der Waals surface area contributed by atoms with E-state index >= 15 is 0 Å². The minimum absolute atomic E-state index is 0.670. The van der Waals surface area contributed by atoms with Crippen LogP contribution in [0.1, 0.15) is 13.3 Å². The SMILES string of the molecule is CNCC1CCN(CC(C)N(C)C)C1. The minimum Gasteiger partial charge on any atom is -0.319 e. The standard InChI is InChI=1S/C11H25N3/c1-10(13(3)4)8-14-6-5-11(9-14)7-12-2/h10-12H,5-9H2,1-4H3. The topological polar surface area (TPSA) is 18.5 Å². The molecule has 1 aliphatic rings. The minimum atomic E-state index is 0.670. The predicted molar refractivity (Wildman–Crippen MR) is 61.6 cm³/mol. The van der Waals surface area contributed by atoms with Gasteiger partial charge in [0.15, 0.2) is 0 Å². The predicted octanol–water partition coefficient (Wildman–Crippen LogP) is 0.478. The van der Waals surface area contributed by atoms with Crippen LogP contribution in [0.5, 0.6) is 0 Å². The van der Waals surface area contributed by atoms with E-state index in [0.717, 1.165) is 5.92 Å². The third-order valence-corrected chi connectivity index (χ3v) is 3.27. The van der Waals surface area contributed by atoms with Gasteiger partial charge in [0.1, 0.15) is 0 Å². The van der Waals surface area contributed by atoms with E-state index in [4.69, 9.17) is 0 Å². The summed E-state index contributed by atoms with van der Waals surface area (Å²) in [5.41, 5.74) is 0. The van der Waals surface area contributed by atoms with Crippen LogP contribution in [-0.4, -0.2) is 63.2 Å². The van der Waals surface area contributed by atoms with Gasteiger partial charge in [-0.1, -0.05) is 0 Å². The summed E-state index contributed by atoms with van der Waals surface area (Å²) >= 11 is 0. The van der Waals surface area contributed by atoms with Crippen molar-refractivity contribution in [2.24, 2.45) is 5.92 Å². The Morgan fingerprint density at radius 2 is 2.21 bits per heavy atom. The summed E-state index contributed by atoms with van der Waals surface area (Å²) in [6, 6.07) is 0.670. The van der Waals surface area contributed by atoms with E-state index in [0.29, 0.717) is 6.04 Å². The first-order valence-corrected chi connectivity index (χ1v) is 5.67. The van der Waals surface area contributed by atoms with Gasteiger partial charge in [-0.25, -0.2) is 0 Å². The first kappa shape index (κ1) is 12.0. The Morgan fingerprint density at radius 3 is 2.79 bits per heavy atom. The number of rotatable bonds is 5. The van der Waals surface area contributed by atoms with Crippen molar-refractivity contribution in [3.05, 3.63) is 0 Å². The molecule has 1 aliphatic heterocycles. The van der Waals surface area contributed by atoms with E-state index < -0.39 is 0 Å². The van der Waals surface area contributed by atoms with E-state index in [2.05, 4.69) is 36.1 Å². The Labute approximate surface area is 88.5 Å². The van der Waals surface area contributed by atoms with Crippen molar-refractivity contribution in [1.29, 1.82) is 0 Å². The van der Waals surface area contributed by atoms with Crippen molar-refractivity contribution in [2.45, 2.75) is 19.4 Å². The Balaban J connectivity index is 2.21. The summed E-state index contributed by atoms with van der Waals surface area (Å²) in [5, 5.41) is 3.27. The molecule has 0 saturated carbocycles. The molecule has 0 amide bonds. The van der Waals surface area contributed by atoms with Gasteiger partial charge in [-0.15, -0.1) is 0 Å². The van der Waals surface area contributed by atoms with Gasteiger partial charge in [-0.2, -0.15) is 0 Å². The van der Waals surface area contributed by atoms with Crippen molar-refractivity contribution >= 4 is 0 Å². The van der Waals surface area contributed by atoms with Gasteiger partial charge in [0.2, 0.25) is 0 Å². The second-order valence-corrected chi connectivity index (χ2v) is 4.78. The molecular formula is C11H25N3. The molecule has 0 aliphatic carbocycles. The highest BCUT2D eigenvalue weighted by molar-refractivity contribution is 4.79. The summed E-state index contributed by atoms with van der Waals surface area (Å²) in [6.45, 7) is 7.25. The Kier molecular flexibility index (Phi) is 4.85. The molecule has 1 heterocycles. The van der Waals surface area contributed by atoms with Crippen LogP contribution in [0.4, 0.5) is 0 Å². The zero-order valence-corrected chi connectivity index (χ0v) is 10.1. The summed E-state index contributed by atoms with van der Waals surface area (Å²) < 4.78 is 0. The average Bonchev–Trinajstić information content (AvgIpc) is 2.53. The molecule has 1 rings (SSSR count). The van der Waals surface area contributed by atoms with E-state index in [1.165, 1.54) is 32.6 Å². The molecule has 0 aromatic rings. The monoisotopic (exact) mass is 199 g/mol. The quantitative estimate of drug-likeness (QED) is 0.695. The third kappa shape index (κ3) is 3.56. The fourth-order valence-corrected chi connectivity index (χ4v) is 2.07. The van der Waals surface area contributed by atoms with Gasteiger partial charge in [-0.05, 0) is 53.5 Å². The van der Waals surface area contributed by atoms with Crippen LogP contribution in [0.15, 0.2) is 0 Å². The highest BCUT2D eigenvalue weighted by atomic mass is 15.2. The smallest absolute Gasteiger partial charge is 0.0188 e. The summed E-state index contributed by atoms with van der Waals surface area (Å²) in [4.78, 5) is 4.89. The van der Waals surface area contributed by atoms with Crippen LogP contribution in [0.2, 0.25) is 0 Å². The molecule has 0 radical (unpaired) electrons. The van der Waals surface area contributed by atoms with Crippen molar-refractivity contribution in [1.82, 2.24) is 15.1 Å². The summed E-state index contributed by atoms with van der Waals surface area (Å²) in [5.74, 6) is 0.870. The van der Waals surface area contributed by atoms with E-state index in [1.54, 1.807) is 0 Å². The van der Waals surface area contributed by atoms with Crippen LogP contribution in [0.25, 0.3) is 0 Å². The van der Waals surface area contributed by atoms with E-state index in [-0.39, 0.29) is 0 Å². The van der Waals surface area contributed by atoms with Gasteiger partial charge in [-0.3, -0.25) is 0 Å². The van der Waals surface area contributed by atoms with E-state index in [9.17, 15) is 0 Å². The van der Waals surface area contributed by atoms with Gasteiger partial charge in [0.25, 0.3) is 0 Å². The third-order valence-electron chi connectivity index (χ3n) is 3.27. The van der Waals surface area contributed by atoms with Crippen molar-refractivity contribution in [2.75, 3.05) is 47.3 Å². The molecule has 2 atom stereocenters. The largest absolute Gasteiger partial charge is 0.319 e. The molecule has 0 aromatic carbocycles. The summed E-state index contributed by atoms with van der Waals surface area (Å²) in [6.07, 6.45) is 1.36. The molecule has 0 bridgehead atoms. The average molecular weight is 199 g/mol. The van der Waals surface area contributed by atoms with Crippen molar-refractivity contribution in [3.63, 3.8) is 0 Å². The number of likely N-dealkylation sites (N-methyl/N-ethyl adjacent to an activating group) is 1. The van der Waals surface area contributed by atoms with Gasteiger partial charge in [0, 0.05) is 19.1 Å². The van der Waals surface area contributed by atoms with Crippen LogP contribution < -0.4 is 5.32 Å². The van der Waals surface area contributed by atoms with Crippen LogP contribution >= 0.6 is 0 Å². The fourth-order valence-electron chi connectivity index (χ4n) is 2.07. The number of hydrogen-bond acceptors (Lipinski definition) is 3. The Morgan fingerprint density at radius 1 is 1.50 bits per heavy atom. The lowest BCUT2D eigenvalue weighted by atomic mass is 10.1. The van der Waals surface area contributed by atoms with Gasteiger partial charge in [0.05, 0.1) is 0 Å². The molecular weight excluding hydrogens is 174 g/mol. The highest BCUT2D eigenvalue weighted by Crippen LogP contribution is 2.15. The molecule has 3 heteroatoms. The number of nitrogens with one attached hydrogen (secondary N) is 1. The number of likely N-dealkylation sites (tertiary alicyclic amines) is 1. The maximum Gasteiger partial charge on any atom is 0.0188 e. The van der Waals surface area contributed by atoms with Crippen molar-refractivity contribution in [3.8, 4) is 0 Å². The molecule has 1 N–H and O–H groups in total. The molecule has 3 nitrogen and oxygen atoms in total. The Hall–Kier alpha value is -0.120. The Bertz CT molecular complexity index is 159. The molecule has 14 heavy (non-hydrogen) atoms. The highest BCUT2D eigenvalue weighted by Gasteiger charge is 2.23. The lowest BCUT2D eigenvalue weighted by Crippen LogP contribution is -2.37. The number of nitrogens with zero attached hydrogens (tertiary/aromatic N) is 2. The molecule has 0 aromatic heterocycles.